The Morgan fingerprint density at radius 3 is 2.47 bits per heavy atom. The predicted octanol–water partition coefficient (Wildman–Crippen LogP) is 3.65. The van der Waals surface area contributed by atoms with Gasteiger partial charge in [0.1, 0.15) is 11.5 Å². The molecule has 9 heteroatoms. The van der Waals surface area contributed by atoms with Crippen LogP contribution >= 0.6 is 0 Å². The van der Waals surface area contributed by atoms with Gasteiger partial charge in [-0.2, -0.15) is 5.10 Å². The maximum absolute atomic E-state index is 12.2. The van der Waals surface area contributed by atoms with Crippen molar-refractivity contribution in [2.75, 3.05) is 6.61 Å². The van der Waals surface area contributed by atoms with Crippen LogP contribution in [-0.4, -0.2) is 29.6 Å². The molecule has 0 saturated carbocycles. The quantitative estimate of drug-likeness (QED) is 0.190. The molecule has 0 aliphatic heterocycles. The van der Waals surface area contributed by atoms with Crippen LogP contribution in [0, 0.1) is 17.0 Å². The molecular formula is C23H19N3O6. The molecular weight excluding hydrogens is 414 g/mol. The highest BCUT2D eigenvalue weighted by Crippen LogP contribution is 2.17. The lowest BCUT2D eigenvalue weighted by molar-refractivity contribution is -0.384. The van der Waals surface area contributed by atoms with Crippen LogP contribution in [-0.2, 0) is 4.79 Å². The van der Waals surface area contributed by atoms with Crippen LogP contribution in [0.4, 0.5) is 5.69 Å². The monoisotopic (exact) mass is 433 g/mol. The van der Waals surface area contributed by atoms with Gasteiger partial charge in [0.15, 0.2) is 6.61 Å². The fourth-order valence-electron chi connectivity index (χ4n) is 2.61. The van der Waals surface area contributed by atoms with Gasteiger partial charge in [0.05, 0.1) is 16.7 Å². The first kappa shape index (κ1) is 22.2. The zero-order valence-electron chi connectivity index (χ0n) is 17.1. The molecule has 162 valence electrons. The number of nitrogens with zero attached hydrogens (tertiary/aromatic N) is 2. The van der Waals surface area contributed by atoms with E-state index in [1.54, 1.807) is 30.3 Å². The Bertz CT molecular complexity index is 1160. The number of rotatable bonds is 8. The SMILES string of the molecule is Cc1cccc(OCC(=O)NN=Cc2cccc(OC(=O)c3ccc([N+](=O)[O-])cc3)c2)c1. The molecule has 3 rings (SSSR count). The first-order valence-electron chi connectivity index (χ1n) is 9.49. The fourth-order valence-corrected chi connectivity index (χ4v) is 2.61. The molecule has 0 heterocycles. The number of esters is 1. The molecule has 3 aromatic rings. The summed E-state index contributed by atoms with van der Waals surface area (Å²) >= 11 is 0. The first-order valence-corrected chi connectivity index (χ1v) is 9.49. The van der Waals surface area contributed by atoms with Crippen LogP contribution in [0.25, 0.3) is 0 Å². The van der Waals surface area contributed by atoms with Gasteiger partial charge in [0.25, 0.3) is 11.6 Å². The van der Waals surface area contributed by atoms with E-state index in [1.807, 2.05) is 25.1 Å². The lowest BCUT2D eigenvalue weighted by atomic mass is 10.2. The third kappa shape index (κ3) is 6.49. The number of hydrazone groups is 1. The van der Waals surface area contributed by atoms with Crippen LogP contribution in [0.5, 0.6) is 11.5 Å². The summed E-state index contributed by atoms with van der Waals surface area (Å²) < 4.78 is 10.7. The molecule has 0 bridgehead atoms. The maximum atomic E-state index is 12.2. The lowest BCUT2D eigenvalue weighted by Gasteiger charge is -2.06. The van der Waals surface area contributed by atoms with E-state index in [4.69, 9.17) is 9.47 Å². The number of nitro benzene ring substituents is 1. The minimum atomic E-state index is -0.657. The number of carbonyl (C=O) groups is 2. The van der Waals surface area contributed by atoms with Gasteiger partial charge in [-0.3, -0.25) is 14.9 Å². The van der Waals surface area contributed by atoms with E-state index >= 15 is 0 Å². The zero-order valence-corrected chi connectivity index (χ0v) is 17.1. The lowest BCUT2D eigenvalue weighted by Crippen LogP contribution is -2.24. The van der Waals surface area contributed by atoms with Gasteiger partial charge >= 0.3 is 5.97 Å². The Morgan fingerprint density at radius 1 is 1.03 bits per heavy atom. The summed E-state index contributed by atoms with van der Waals surface area (Å²) in [4.78, 5) is 34.2. The maximum Gasteiger partial charge on any atom is 0.343 e. The minimum absolute atomic E-state index is 0.119. The summed E-state index contributed by atoms with van der Waals surface area (Å²) in [6.07, 6.45) is 1.40. The molecule has 0 spiro atoms. The minimum Gasteiger partial charge on any atom is -0.484 e. The Kier molecular flexibility index (Phi) is 7.26. The highest BCUT2D eigenvalue weighted by atomic mass is 16.6. The number of nitrogens with one attached hydrogen (secondary N) is 1. The summed E-state index contributed by atoms with van der Waals surface area (Å²) in [5.41, 5.74) is 4.02. The van der Waals surface area contributed by atoms with Gasteiger partial charge in [-0.05, 0) is 54.4 Å². The largest absolute Gasteiger partial charge is 0.484 e. The molecule has 32 heavy (non-hydrogen) atoms. The average Bonchev–Trinajstić information content (AvgIpc) is 2.78. The number of benzene rings is 3. The van der Waals surface area contributed by atoms with Crippen molar-refractivity contribution in [3.8, 4) is 11.5 Å². The van der Waals surface area contributed by atoms with E-state index in [9.17, 15) is 19.7 Å². The van der Waals surface area contributed by atoms with Crippen molar-refractivity contribution in [1.82, 2.24) is 5.43 Å². The van der Waals surface area contributed by atoms with Crippen LogP contribution < -0.4 is 14.9 Å². The van der Waals surface area contributed by atoms with Crippen LogP contribution in [0.3, 0.4) is 0 Å². The number of hydrogen-bond acceptors (Lipinski definition) is 7. The second kappa shape index (κ2) is 10.5. The third-order valence-electron chi connectivity index (χ3n) is 4.14. The molecule has 0 aliphatic carbocycles. The van der Waals surface area contributed by atoms with E-state index in [0.717, 1.165) is 5.56 Å². The van der Waals surface area contributed by atoms with Crippen molar-refractivity contribution in [3.05, 3.63) is 99.6 Å². The number of amides is 1. The number of aryl methyl sites for hydroxylation is 1. The normalized spacial score (nSPS) is 10.5. The smallest absolute Gasteiger partial charge is 0.343 e. The summed E-state index contributed by atoms with van der Waals surface area (Å²) in [6.45, 7) is 1.74. The first-order chi connectivity index (χ1) is 15.4. The van der Waals surface area contributed by atoms with Crippen molar-refractivity contribution in [2.24, 2.45) is 5.10 Å². The summed E-state index contributed by atoms with van der Waals surface area (Å²) in [7, 11) is 0. The van der Waals surface area contributed by atoms with Crippen molar-refractivity contribution < 1.29 is 24.0 Å². The number of carbonyl (C=O) groups excluding carboxylic acids is 2. The third-order valence-corrected chi connectivity index (χ3v) is 4.14. The molecule has 1 N–H and O–H groups in total. The summed E-state index contributed by atoms with van der Waals surface area (Å²) in [5, 5.41) is 14.6. The molecule has 0 aromatic heterocycles. The average molecular weight is 433 g/mol. The van der Waals surface area contributed by atoms with Gasteiger partial charge in [-0.15, -0.1) is 0 Å². The molecule has 0 aliphatic rings. The van der Waals surface area contributed by atoms with Crippen LogP contribution in [0.15, 0.2) is 77.9 Å². The van der Waals surface area contributed by atoms with Crippen molar-refractivity contribution in [3.63, 3.8) is 0 Å². The zero-order chi connectivity index (χ0) is 22.9. The van der Waals surface area contributed by atoms with Crippen molar-refractivity contribution in [1.29, 1.82) is 0 Å². The van der Waals surface area contributed by atoms with E-state index in [2.05, 4.69) is 10.5 Å². The van der Waals surface area contributed by atoms with Gasteiger partial charge in [0.2, 0.25) is 0 Å². The molecule has 9 nitrogen and oxygen atoms in total. The number of ether oxygens (including phenoxy) is 2. The molecule has 3 aromatic carbocycles. The molecule has 0 fully saturated rings. The van der Waals surface area contributed by atoms with Crippen molar-refractivity contribution >= 4 is 23.8 Å². The number of non-ortho nitro benzene ring substituents is 1. The van der Waals surface area contributed by atoms with Gasteiger partial charge in [-0.25, -0.2) is 10.2 Å². The molecule has 0 unspecified atom stereocenters. The molecule has 0 saturated heterocycles. The van der Waals surface area contributed by atoms with E-state index < -0.39 is 16.8 Å². The highest BCUT2D eigenvalue weighted by Gasteiger charge is 2.11. The second-order valence-corrected chi connectivity index (χ2v) is 6.66. The Hall–Kier alpha value is -4.53. The van der Waals surface area contributed by atoms with Gasteiger partial charge < -0.3 is 9.47 Å². The highest BCUT2D eigenvalue weighted by molar-refractivity contribution is 5.91. The fraction of sp³-hybridized carbons (Fsp3) is 0.0870. The van der Waals surface area contributed by atoms with Gasteiger partial charge in [0, 0.05) is 12.1 Å². The second-order valence-electron chi connectivity index (χ2n) is 6.66. The van der Waals surface area contributed by atoms with E-state index in [0.29, 0.717) is 11.3 Å². The molecule has 0 atom stereocenters. The Morgan fingerprint density at radius 2 is 1.75 bits per heavy atom. The van der Waals surface area contributed by atoms with Gasteiger partial charge in [-0.1, -0.05) is 24.3 Å². The Labute approximate surface area is 183 Å². The topological polar surface area (TPSA) is 120 Å². The van der Waals surface area contributed by atoms with Crippen LogP contribution in [0.1, 0.15) is 21.5 Å². The van der Waals surface area contributed by atoms with Crippen LogP contribution in [0.2, 0.25) is 0 Å². The van der Waals surface area contributed by atoms with E-state index in [1.165, 1.54) is 30.5 Å². The Balaban J connectivity index is 1.52. The summed E-state index contributed by atoms with van der Waals surface area (Å²) in [6, 6.07) is 18.9. The number of hydrogen-bond donors (Lipinski definition) is 1. The van der Waals surface area contributed by atoms with Crippen molar-refractivity contribution in [2.45, 2.75) is 6.92 Å². The standard InChI is InChI=1S/C23H19N3O6/c1-16-4-2-6-20(12-16)31-15-22(27)25-24-14-17-5-3-7-21(13-17)32-23(28)18-8-10-19(11-9-18)26(29)30/h2-14H,15H2,1H3,(H,25,27). The number of nitro groups is 1. The molecule has 1 amide bonds. The summed E-state index contributed by atoms with van der Waals surface area (Å²) in [5.74, 6) is -0.239. The molecule has 0 radical (unpaired) electrons. The predicted molar refractivity (Wildman–Crippen MR) is 117 cm³/mol. The van der Waals surface area contributed by atoms with E-state index in [-0.39, 0.29) is 23.6 Å².